The number of hydrogen-bond donors (Lipinski definition) is 1. The fraction of sp³-hybridized carbons (Fsp3) is 0.458. The average molecular weight is 363 g/mol. The van der Waals surface area contributed by atoms with Crippen LogP contribution in [0.25, 0.3) is 0 Å². The molecule has 0 saturated heterocycles. The van der Waals surface area contributed by atoms with E-state index >= 15 is 0 Å². The zero-order valence-corrected chi connectivity index (χ0v) is 16.3. The lowest BCUT2D eigenvalue weighted by molar-refractivity contribution is -0.126. The molecule has 0 unspecified atom stereocenters. The van der Waals surface area contributed by atoms with Crippen molar-refractivity contribution in [2.75, 3.05) is 18.0 Å². The predicted molar refractivity (Wildman–Crippen MR) is 111 cm³/mol. The van der Waals surface area contributed by atoms with Gasteiger partial charge in [0.1, 0.15) is 0 Å². The molecule has 1 aliphatic heterocycles. The molecule has 3 nitrogen and oxygen atoms in total. The number of amides is 1. The normalized spacial score (nSPS) is 20.5. The molecule has 0 bridgehead atoms. The van der Waals surface area contributed by atoms with Gasteiger partial charge in [0.05, 0.1) is 5.41 Å². The summed E-state index contributed by atoms with van der Waals surface area (Å²) in [4.78, 5) is 15.6. The SMILES string of the molecule is C[C@@H]1Cc2ccccc2N1CCCNC(=O)C1(c2ccccc2)CCCC1. The highest BCUT2D eigenvalue weighted by Gasteiger charge is 2.42. The van der Waals surface area contributed by atoms with Gasteiger partial charge >= 0.3 is 0 Å². The molecule has 1 N–H and O–H groups in total. The van der Waals surface area contributed by atoms with Crippen molar-refractivity contribution in [3.8, 4) is 0 Å². The molecular weight excluding hydrogens is 332 g/mol. The largest absolute Gasteiger partial charge is 0.368 e. The van der Waals surface area contributed by atoms with Crippen LogP contribution >= 0.6 is 0 Å². The van der Waals surface area contributed by atoms with E-state index in [9.17, 15) is 4.79 Å². The van der Waals surface area contributed by atoms with Crippen molar-refractivity contribution in [3.63, 3.8) is 0 Å². The van der Waals surface area contributed by atoms with Crippen LogP contribution < -0.4 is 10.2 Å². The molecule has 3 heteroatoms. The van der Waals surface area contributed by atoms with E-state index in [-0.39, 0.29) is 11.3 Å². The molecule has 1 amide bonds. The molecule has 1 fully saturated rings. The fourth-order valence-corrected chi connectivity index (χ4v) is 4.97. The predicted octanol–water partition coefficient (Wildman–Crippen LogP) is 4.46. The molecule has 0 radical (unpaired) electrons. The number of anilines is 1. The van der Waals surface area contributed by atoms with Crippen LogP contribution in [0.3, 0.4) is 0 Å². The summed E-state index contributed by atoms with van der Waals surface area (Å²) in [5.41, 5.74) is 3.69. The third-order valence-corrected chi connectivity index (χ3v) is 6.43. The van der Waals surface area contributed by atoms with E-state index in [0.29, 0.717) is 6.04 Å². The first kappa shape index (κ1) is 18.1. The third-order valence-electron chi connectivity index (χ3n) is 6.43. The number of carbonyl (C=O) groups excluding carboxylic acids is 1. The quantitative estimate of drug-likeness (QED) is 0.770. The van der Waals surface area contributed by atoms with E-state index in [2.05, 4.69) is 65.7 Å². The second-order valence-electron chi connectivity index (χ2n) is 8.14. The molecule has 1 aliphatic carbocycles. The van der Waals surface area contributed by atoms with E-state index in [1.165, 1.54) is 16.8 Å². The number of hydrogen-bond acceptors (Lipinski definition) is 2. The Kier molecular flexibility index (Phi) is 5.20. The number of fused-ring (bicyclic) bond motifs is 1. The van der Waals surface area contributed by atoms with Gasteiger partial charge in [0.2, 0.25) is 5.91 Å². The number of rotatable bonds is 6. The zero-order valence-electron chi connectivity index (χ0n) is 16.3. The van der Waals surface area contributed by atoms with Gasteiger partial charge in [-0.1, -0.05) is 61.4 Å². The minimum atomic E-state index is -0.311. The van der Waals surface area contributed by atoms with Crippen LogP contribution in [0.2, 0.25) is 0 Å². The Morgan fingerprint density at radius 1 is 1.07 bits per heavy atom. The first-order valence-electron chi connectivity index (χ1n) is 10.4. The van der Waals surface area contributed by atoms with Gasteiger partial charge in [-0.05, 0) is 49.8 Å². The molecule has 0 aromatic heterocycles. The van der Waals surface area contributed by atoms with Crippen LogP contribution in [0.5, 0.6) is 0 Å². The van der Waals surface area contributed by atoms with Crippen molar-refractivity contribution in [3.05, 3.63) is 65.7 Å². The number of benzene rings is 2. The van der Waals surface area contributed by atoms with Gasteiger partial charge in [0, 0.05) is 24.8 Å². The molecule has 1 heterocycles. The lowest BCUT2D eigenvalue weighted by Gasteiger charge is -2.29. The topological polar surface area (TPSA) is 32.3 Å². The molecule has 1 atom stereocenters. The summed E-state index contributed by atoms with van der Waals surface area (Å²) in [6, 6.07) is 19.6. The Morgan fingerprint density at radius 2 is 1.78 bits per heavy atom. The van der Waals surface area contributed by atoms with E-state index < -0.39 is 0 Å². The minimum absolute atomic E-state index is 0.223. The zero-order chi connectivity index (χ0) is 18.7. The first-order valence-corrected chi connectivity index (χ1v) is 10.4. The smallest absolute Gasteiger partial charge is 0.230 e. The summed E-state index contributed by atoms with van der Waals surface area (Å²) >= 11 is 0. The Hall–Kier alpha value is -2.29. The van der Waals surface area contributed by atoms with Gasteiger partial charge in [0.15, 0.2) is 0 Å². The molecular formula is C24H30N2O. The summed E-state index contributed by atoms with van der Waals surface area (Å²) in [6.45, 7) is 4.04. The summed E-state index contributed by atoms with van der Waals surface area (Å²) in [5.74, 6) is 0.223. The highest BCUT2D eigenvalue weighted by Crippen LogP contribution is 2.41. The van der Waals surface area contributed by atoms with E-state index in [4.69, 9.17) is 0 Å². The molecule has 2 aliphatic rings. The Bertz CT molecular complexity index is 780. The minimum Gasteiger partial charge on any atom is -0.368 e. The maximum atomic E-state index is 13.1. The summed E-state index contributed by atoms with van der Waals surface area (Å²) in [6.07, 6.45) is 6.34. The maximum absolute atomic E-state index is 13.1. The molecule has 4 rings (SSSR count). The van der Waals surface area contributed by atoms with Crippen LogP contribution in [0, 0.1) is 0 Å². The lowest BCUT2D eigenvalue weighted by Crippen LogP contribution is -2.43. The van der Waals surface area contributed by atoms with Gasteiger partial charge in [-0.15, -0.1) is 0 Å². The number of nitrogens with one attached hydrogen (secondary N) is 1. The van der Waals surface area contributed by atoms with Crippen LogP contribution in [0.1, 0.15) is 50.2 Å². The monoisotopic (exact) mass is 362 g/mol. The summed E-state index contributed by atoms with van der Waals surface area (Å²) in [5, 5.41) is 3.26. The molecule has 142 valence electrons. The van der Waals surface area contributed by atoms with E-state index in [1.54, 1.807) is 0 Å². The molecule has 2 aromatic carbocycles. The second kappa shape index (κ2) is 7.75. The van der Waals surface area contributed by atoms with Crippen molar-refractivity contribution in [1.82, 2.24) is 5.32 Å². The van der Waals surface area contributed by atoms with Crippen LogP contribution in [0.4, 0.5) is 5.69 Å². The van der Waals surface area contributed by atoms with Crippen molar-refractivity contribution in [2.45, 2.75) is 56.9 Å². The van der Waals surface area contributed by atoms with Crippen LogP contribution in [-0.4, -0.2) is 25.0 Å². The standard InChI is InChI=1S/C24H30N2O/c1-19-18-20-10-5-6-13-22(20)26(19)17-9-16-25-23(27)24(14-7-8-15-24)21-11-3-2-4-12-21/h2-6,10-13,19H,7-9,14-18H2,1H3,(H,25,27)/t19-/m1/s1. The molecule has 0 spiro atoms. The first-order chi connectivity index (χ1) is 13.2. The van der Waals surface area contributed by atoms with E-state index in [0.717, 1.165) is 51.6 Å². The third kappa shape index (κ3) is 3.47. The van der Waals surface area contributed by atoms with Crippen molar-refractivity contribution in [2.24, 2.45) is 0 Å². The van der Waals surface area contributed by atoms with Crippen molar-refractivity contribution in [1.29, 1.82) is 0 Å². The van der Waals surface area contributed by atoms with Gasteiger partial charge in [0.25, 0.3) is 0 Å². The summed E-state index contributed by atoms with van der Waals surface area (Å²) < 4.78 is 0. The Labute approximate surface area is 162 Å². The second-order valence-corrected chi connectivity index (χ2v) is 8.14. The number of carbonyl (C=O) groups is 1. The fourth-order valence-electron chi connectivity index (χ4n) is 4.97. The highest BCUT2D eigenvalue weighted by atomic mass is 16.2. The number of para-hydroxylation sites is 1. The van der Waals surface area contributed by atoms with E-state index in [1.807, 2.05) is 6.07 Å². The maximum Gasteiger partial charge on any atom is 0.230 e. The molecule has 2 aromatic rings. The van der Waals surface area contributed by atoms with Gasteiger partial charge < -0.3 is 10.2 Å². The van der Waals surface area contributed by atoms with Gasteiger partial charge in [-0.3, -0.25) is 4.79 Å². The Morgan fingerprint density at radius 3 is 2.56 bits per heavy atom. The number of nitrogens with zero attached hydrogens (tertiary/aromatic N) is 1. The average Bonchev–Trinajstić information content (AvgIpc) is 3.31. The molecule has 1 saturated carbocycles. The van der Waals surface area contributed by atoms with Crippen LogP contribution in [-0.2, 0) is 16.6 Å². The Balaban J connectivity index is 1.34. The van der Waals surface area contributed by atoms with Crippen LogP contribution in [0.15, 0.2) is 54.6 Å². The highest BCUT2D eigenvalue weighted by molar-refractivity contribution is 5.88. The summed E-state index contributed by atoms with van der Waals surface area (Å²) in [7, 11) is 0. The lowest BCUT2D eigenvalue weighted by atomic mass is 9.78. The molecule has 27 heavy (non-hydrogen) atoms. The van der Waals surface area contributed by atoms with Gasteiger partial charge in [-0.2, -0.15) is 0 Å². The van der Waals surface area contributed by atoms with Gasteiger partial charge in [-0.25, -0.2) is 0 Å². The van der Waals surface area contributed by atoms with Crippen molar-refractivity contribution < 1.29 is 4.79 Å². The van der Waals surface area contributed by atoms with Crippen molar-refractivity contribution >= 4 is 11.6 Å².